The van der Waals surface area contributed by atoms with Crippen LogP contribution in [0, 0.1) is 0 Å². The van der Waals surface area contributed by atoms with E-state index in [2.05, 4.69) is 26.6 Å². The Balaban J connectivity index is 2.31. The van der Waals surface area contributed by atoms with E-state index in [1.54, 1.807) is 19.1 Å². The fraction of sp³-hybridized carbons (Fsp3) is 0.263. The minimum Gasteiger partial charge on any atom is -0.507 e. The highest BCUT2D eigenvalue weighted by molar-refractivity contribution is 9.10. The van der Waals surface area contributed by atoms with Crippen LogP contribution in [0.3, 0.4) is 0 Å². The van der Waals surface area contributed by atoms with Gasteiger partial charge in [-0.1, -0.05) is 15.9 Å². The summed E-state index contributed by atoms with van der Waals surface area (Å²) in [6.07, 6.45) is 0. The van der Waals surface area contributed by atoms with Crippen molar-refractivity contribution >= 4 is 39.1 Å². The number of nitrogens with one attached hydrogen (secondary N) is 2. The van der Waals surface area contributed by atoms with Crippen molar-refractivity contribution in [3.05, 3.63) is 35.9 Å². The minimum atomic E-state index is -0.574. The van der Waals surface area contributed by atoms with E-state index in [-0.39, 0.29) is 17.2 Å². The Morgan fingerprint density at radius 1 is 0.964 bits per heavy atom. The summed E-state index contributed by atoms with van der Waals surface area (Å²) in [5, 5.41) is 15.4. The first-order chi connectivity index (χ1) is 13.3. The van der Waals surface area contributed by atoms with Crippen LogP contribution in [0.4, 0.5) is 11.4 Å². The zero-order chi connectivity index (χ0) is 20.8. The number of carbonyl (C=O) groups excluding carboxylic acids is 2. The molecule has 0 fully saturated rings. The first-order valence-electron chi connectivity index (χ1n) is 8.20. The first-order valence-corrected chi connectivity index (χ1v) is 9.11. The molecule has 2 amide bonds. The van der Waals surface area contributed by atoms with Gasteiger partial charge in [0.05, 0.1) is 31.7 Å². The lowest BCUT2D eigenvalue weighted by Crippen LogP contribution is -2.20. The number of benzene rings is 2. The Kier molecular flexibility index (Phi) is 7.11. The maximum Gasteiger partial charge on any atom is 0.259 e. The summed E-state index contributed by atoms with van der Waals surface area (Å²) < 4.78 is 15.8. The fourth-order valence-corrected chi connectivity index (χ4v) is 2.50. The van der Waals surface area contributed by atoms with Gasteiger partial charge in [-0.15, -0.1) is 0 Å². The smallest absolute Gasteiger partial charge is 0.259 e. The van der Waals surface area contributed by atoms with Crippen LogP contribution in [0.25, 0.3) is 0 Å². The molecule has 150 valence electrons. The van der Waals surface area contributed by atoms with Crippen LogP contribution in [-0.4, -0.2) is 43.1 Å². The molecule has 28 heavy (non-hydrogen) atoms. The molecule has 9 heteroatoms. The number of phenols is 1. The first kappa shape index (κ1) is 21.4. The topological polar surface area (TPSA) is 106 Å². The fourth-order valence-electron chi connectivity index (χ4n) is 2.39. The Hall–Kier alpha value is -2.94. The van der Waals surface area contributed by atoms with Crippen LogP contribution in [0.1, 0.15) is 17.3 Å². The summed E-state index contributed by atoms with van der Waals surface area (Å²) >= 11 is 3.17. The summed E-state index contributed by atoms with van der Waals surface area (Å²) in [5.74, 6) is 0.0492. The van der Waals surface area contributed by atoms with E-state index in [1.165, 1.54) is 39.5 Å². The Bertz CT molecular complexity index is 860. The molecule has 0 spiro atoms. The normalized spacial score (nSPS) is 11.3. The van der Waals surface area contributed by atoms with Gasteiger partial charge in [0.15, 0.2) is 11.5 Å². The number of carbonyl (C=O) groups is 2. The van der Waals surface area contributed by atoms with Gasteiger partial charge in [-0.2, -0.15) is 0 Å². The number of alkyl halides is 1. The molecule has 3 N–H and O–H groups in total. The number of aromatic hydroxyl groups is 1. The van der Waals surface area contributed by atoms with Gasteiger partial charge in [0.1, 0.15) is 5.75 Å². The molecule has 0 radical (unpaired) electrons. The van der Waals surface area contributed by atoms with Gasteiger partial charge in [-0.25, -0.2) is 0 Å². The lowest BCUT2D eigenvalue weighted by molar-refractivity contribution is -0.115. The Labute approximate surface area is 170 Å². The molecule has 0 aliphatic heterocycles. The number of ether oxygens (including phenoxy) is 3. The van der Waals surface area contributed by atoms with E-state index < -0.39 is 10.7 Å². The zero-order valence-corrected chi connectivity index (χ0v) is 17.4. The van der Waals surface area contributed by atoms with Crippen molar-refractivity contribution in [2.24, 2.45) is 0 Å². The van der Waals surface area contributed by atoms with Crippen LogP contribution in [0.5, 0.6) is 23.0 Å². The second-order valence-corrected chi connectivity index (χ2v) is 7.08. The Morgan fingerprint density at radius 3 is 2.07 bits per heavy atom. The summed E-state index contributed by atoms with van der Waals surface area (Å²) in [6, 6.07) is 7.34. The molecule has 2 aromatic carbocycles. The van der Waals surface area contributed by atoms with E-state index in [4.69, 9.17) is 14.2 Å². The molecular weight excluding hydrogens is 432 g/mol. The molecule has 1 unspecified atom stereocenters. The predicted molar refractivity (Wildman–Crippen MR) is 109 cm³/mol. The zero-order valence-electron chi connectivity index (χ0n) is 15.8. The summed E-state index contributed by atoms with van der Waals surface area (Å²) in [5.41, 5.74) is 0.750. The van der Waals surface area contributed by atoms with E-state index in [9.17, 15) is 14.7 Å². The average Bonchev–Trinajstić information content (AvgIpc) is 2.68. The highest BCUT2D eigenvalue weighted by atomic mass is 79.9. The van der Waals surface area contributed by atoms with E-state index >= 15 is 0 Å². The standard InChI is InChI=1S/C19H21BrN2O6/c1-10(20)18(24)21-11-5-6-14(23)13(7-11)19(25)22-12-8-15(26-2)17(28-4)16(9-12)27-3/h5-10,23H,1-4H3,(H,21,24)(H,22,25). The maximum atomic E-state index is 12.7. The maximum absolute atomic E-state index is 12.7. The molecule has 2 aromatic rings. The molecule has 1 atom stereocenters. The molecule has 0 saturated carbocycles. The molecular formula is C19H21BrN2O6. The van der Waals surface area contributed by atoms with E-state index in [0.717, 1.165) is 0 Å². The van der Waals surface area contributed by atoms with Crippen molar-refractivity contribution in [2.45, 2.75) is 11.8 Å². The van der Waals surface area contributed by atoms with Gasteiger partial charge in [-0.05, 0) is 25.1 Å². The van der Waals surface area contributed by atoms with E-state index in [1.807, 2.05) is 0 Å². The largest absolute Gasteiger partial charge is 0.507 e. The van der Waals surface area contributed by atoms with Crippen molar-refractivity contribution < 1.29 is 28.9 Å². The molecule has 8 nitrogen and oxygen atoms in total. The molecule has 0 aliphatic rings. The highest BCUT2D eigenvalue weighted by Crippen LogP contribution is 2.40. The number of anilines is 2. The van der Waals surface area contributed by atoms with Gasteiger partial charge in [0.2, 0.25) is 11.7 Å². The molecule has 0 bridgehead atoms. The van der Waals surface area contributed by atoms with Crippen LogP contribution < -0.4 is 24.8 Å². The summed E-state index contributed by atoms with van der Waals surface area (Å²) in [7, 11) is 4.40. The third-order valence-electron chi connectivity index (χ3n) is 3.79. The quantitative estimate of drug-likeness (QED) is 0.439. The third-order valence-corrected chi connectivity index (χ3v) is 4.21. The molecule has 0 saturated heterocycles. The van der Waals surface area contributed by atoms with E-state index in [0.29, 0.717) is 28.6 Å². The number of phenolic OH excluding ortho intramolecular Hbond substituents is 1. The van der Waals surface area contributed by atoms with Gasteiger partial charge >= 0.3 is 0 Å². The average molecular weight is 453 g/mol. The number of halogens is 1. The number of hydrogen-bond acceptors (Lipinski definition) is 6. The van der Waals surface area contributed by atoms with Crippen molar-refractivity contribution in [2.75, 3.05) is 32.0 Å². The summed E-state index contributed by atoms with van der Waals surface area (Å²) in [6.45, 7) is 1.67. The third kappa shape index (κ3) is 4.86. The van der Waals surface area contributed by atoms with Gasteiger partial charge in [0, 0.05) is 23.5 Å². The van der Waals surface area contributed by atoms with Crippen molar-refractivity contribution in [3.63, 3.8) is 0 Å². The monoisotopic (exact) mass is 452 g/mol. The SMILES string of the molecule is COc1cc(NC(=O)c2cc(NC(=O)C(C)Br)ccc2O)cc(OC)c1OC. The predicted octanol–water partition coefficient (Wildman–Crippen LogP) is 3.39. The van der Waals surface area contributed by atoms with Crippen LogP contribution in [0.15, 0.2) is 30.3 Å². The molecule has 2 rings (SSSR count). The number of hydrogen-bond donors (Lipinski definition) is 3. The van der Waals surface area contributed by atoms with Crippen LogP contribution >= 0.6 is 15.9 Å². The van der Waals surface area contributed by atoms with Gasteiger partial charge in [-0.3, -0.25) is 9.59 Å². The summed E-state index contributed by atoms with van der Waals surface area (Å²) in [4.78, 5) is 24.1. The van der Waals surface area contributed by atoms with Crippen LogP contribution in [-0.2, 0) is 4.79 Å². The van der Waals surface area contributed by atoms with Crippen molar-refractivity contribution in [1.82, 2.24) is 0 Å². The number of rotatable bonds is 7. The minimum absolute atomic E-state index is 0.00576. The van der Waals surface area contributed by atoms with Crippen molar-refractivity contribution in [1.29, 1.82) is 0 Å². The van der Waals surface area contributed by atoms with Crippen molar-refractivity contribution in [3.8, 4) is 23.0 Å². The lowest BCUT2D eigenvalue weighted by atomic mass is 10.1. The van der Waals surface area contributed by atoms with Gasteiger partial charge in [0.25, 0.3) is 5.91 Å². The highest BCUT2D eigenvalue weighted by Gasteiger charge is 2.18. The number of methoxy groups -OCH3 is 3. The second-order valence-electron chi connectivity index (χ2n) is 5.71. The van der Waals surface area contributed by atoms with Crippen LogP contribution in [0.2, 0.25) is 0 Å². The number of amides is 2. The molecule has 0 aromatic heterocycles. The second kappa shape index (κ2) is 9.32. The Morgan fingerprint density at radius 2 is 1.57 bits per heavy atom. The molecule has 0 aliphatic carbocycles. The molecule has 0 heterocycles. The lowest BCUT2D eigenvalue weighted by Gasteiger charge is -2.15. The van der Waals surface area contributed by atoms with Gasteiger partial charge < -0.3 is 30.0 Å².